The number of ether oxygens (including phenoxy) is 3. The molecule has 1 aromatic rings. The highest BCUT2D eigenvalue weighted by Gasteiger charge is 2.80. The van der Waals surface area contributed by atoms with Crippen molar-refractivity contribution in [2.45, 2.75) is 134 Å². The SMILES string of the molecule is CCCC1O[C@@H]2C[C@H]3[C@@H]4C[C@H](F)C5=CC(=O)C=C[C@]5(C)[C@@]4(F)[C@@H](O)C[C@]3(C)[C@]2(C(=O)CNC(=O)OCc2ccc(NC(=O)[C@H](CCCNC(N)=O)NC(=O)[C@@H](N)C(C)C)cc2)O1. The molecule has 1 heterocycles. The molecule has 1 aliphatic heterocycles. The van der Waals surface area contributed by atoms with Gasteiger partial charge in [-0.2, -0.15) is 0 Å². The number of fused-ring (bicyclic) bond motifs is 7. The molecule has 3 saturated carbocycles. The molecule has 16 nitrogen and oxygen atoms in total. The minimum Gasteiger partial charge on any atom is -0.445 e. The Morgan fingerprint density at radius 2 is 1.76 bits per heavy atom. The van der Waals surface area contributed by atoms with Gasteiger partial charge in [-0.3, -0.25) is 19.2 Å². The van der Waals surface area contributed by atoms with Crippen molar-refractivity contribution in [3.8, 4) is 0 Å². The van der Waals surface area contributed by atoms with Gasteiger partial charge < -0.3 is 52.1 Å². The summed E-state index contributed by atoms with van der Waals surface area (Å²) < 4.78 is 52.1. The van der Waals surface area contributed by atoms with Gasteiger partial charge in [0.25, 0.3) is 0 Å². The van der Waals surface area contributed by atoms with E-state index in [0.717, 1.165) is 6.08 Å². The third-order valence-corrected chi connectivity index (χ3v) is 14.0. The van der Waals surface area contributed by atoms with Crippen LogP contribution in [0, 0.1) is 28.6 Å². The minimum atomic E-state index is -2.35. The van der Waals surface area contributed by atoms with E-state index < -0.39 is 113 Å². The number of hydrogen-bond acceptors (Lipinski definition) is 11. The largest absolute Gasteiger partial charge is 0.445 e. The topological polar surface area (TPSA) is 250 Å². The van der Waals surface area contributed by atoms with Gasteiger partial charge in [-0.05, 0) is 92.7 Å². The van der Waals surface area contributed by atoms with Crippen LogP contribution >= 0.6 is 0 Å². The van der Waals surface area contributed by atoms with E-state index in [9.17, 15) is 33.9 Å². The summed E-state index contributed by atoms with van der Waals surface area (Å²) in [5.41, 5.74) is 5.16. The Morgan fingerprint density at radius 1 is 1.05 bits per heavy atom. The summed E-state index contributed by atoms with van der Waals surface area (Å²) in [7, 11) is 0. The van der Waals surface area contributed by atoms with Gasteiger partial charge in [-0.15, -0.1) is 0 Å². The average molecular weight is 871 g/mol. The standard InChI is InChI=1S/C44H60F2N6O10/c1-6-8-35-61-34-19-27-28-18-30(45)29-17-26(53)14-15-41(29,4)43(28,46)32(54)20-42(27,5)44(34,62-35)33(55)21-50-40(59)60-22-24-10-12-25(13-11-24)51-37(56)31(9-7-16-49-39(48)58)52-38(57)36(47)23(2)3/h10-15,17,23,27-28,30-32,34-36,54H,6-9,16,18-22,47H2,1-5H3,(H,50,59)(H,51,56)(H,52,57)(H3,48,49,58)/t27-,28-,30-,31-,32-,34+,35?,36-,41-,42-,43-,44+/m0/s1. The van der Waals surface area contributed by atoms with Crippen LogP contribution in [-0.2, 0) is 40.0 Å². The predicted octanol–water partition coefficient (Wildman–Crippen LogP) is 3.55. The van der Waals surface area contributed by atoms with Crippen molar-refractivity contribution in [3.63, 3.8) is 0 Å². The van der Waals surface area contributed by atoms with Gasteiger partial charge in [0.15, 0.2) is 29.1 Å². The monoisotopic (exact) mass is 870 g/mol. The number of anilines is 1. The number of nitrogens with one attached hydrogen (secondary N) is 4. The van der Waals surface area contributed by atoms with Gasteiger partial charge >= 0.3 is 12.1 Å². The summed E-state index contributed by atoms with van der Waals surface area (Å²) in [4.78, 5) is 76.7. The van der Waals surface area contributed by atoms with Crippen molar-refractivity contribution >= 4 is 41.2 Å². The first kappa shape index (κ1) is 46.7. The fourth-order valence-corrected chi connectivity index (χ4v) is 10.6. The molecular formula is C44H60F2N6O10. The number of allylic oxidation sites excluding steroid dienone is 4. The molecule has 0 radical (unpaired) electrons. The Labute approximate surface area is 359 Å². The lowest BCUT2D eigenvalue weighted by molar-refractivity contribution is -0.233. The Morgan fingerprint density at radius 3 is 2.42 bits per heavy atom. The second-order valence-electron chi connectivity index (χ2n) is 18.1. The van der Waals surface area contributed by atoms with Crippen molar-refractivity contribution in [2.75, 3.05) is 18.4 Å². The molecule has 4 aliphatic carbocycles. The van der Waals surface area contributed by atoms with Gasteiger partial charge in [-0.25, -0.2) is 18.4 Å². The maximum Gasteiger partial charge on any atom is 0.407 e. The molecule has 1 aromatic carbocycles. The smallest absolute Gasteiger partial charge is 0.407 e. The Hall–Kier alpha value is -4.78. The van der Waals surface area contributed by atoms with Crippen LogP contribution in [0.25, 0.3) is 0 Å². The van der Waals surface area contributed by atoms with E-state index >= 15 is 8.78 Å². The van der Waals surface area contributed by atoms with E-state index in [0.29, 0.717) is 30.5 Å². The second kappa shape index (κ2) is 18.1. The number of aliphatic hydroxyl groups is 1. The number of Topliss-reactive ketones (excluding diaryl/α,β-unsaturated/α-hetero) is 1. The van der Waals surface area contributed by atoms with Crippen LogP contribution in [0.4, 0.5) is 24.1 Å². The van der Waals surface area contributed by atoms with Crippen LogP contribution in [0.5, 0.6) is 0 Å². The van der Waals surface area contributed by atoms with Crippen LogP contribution in [0.2, 0.25) is 0 Å². The van der Waals surface area contributed by atoms with E-state index in [-0.39, 0.29) is 50.3 Å². The number of rotatable bonds is 16. The number of nitrogens with two attached hydrogens (primary N) is 2. The van der Waals surface area contributed by atoms with Crippen molar-refractivity contribution in [2.24, 2.45) is 40.1 Å². The van der Waals surface area contributed by atoms with Crippen molar-refractivity contribution < 1.29 is 56.9 Å². The molecule has 18 heteroatoms. The number of alkyl halides is 2. The number of benzene rings is 1. The van der Waals surface area contributed by atoms with E-state index in [4.69, 9.17) is 25.7 Å². The summed E-state index contributed by atoms with van der Waals surface area (Å²) in [6, 6.07) is 3.87. The summed E-state index contributed by atoms with van der Waals surface area (Å²) >= 11 is 0. The van der Waals surface area contributed by atoms with Crippen molar-refractivity contribution in [3.05, 3.63) is 53.6 Å². The fraction of sp³-hybridized carbons (Fsp3) is 0.636. The van der Waals surface area contributed by atoms with Gasteiger partial charge in [0, 0.05) is 29.0 Å². The first-order valence-corrected chi connectivity index (χ1v) is 21.4. The number of primary amides is 1. The van der Waals surface area contributed by atoms with E-state index in [1.165, 1.54) is 19.1 Å². The molecule has 4 fully saturated rings. The first-order chi connectivity index (χ1) is 29.2. The molecule has 0 spiro atoms. The van der Waals surface area contributed by atoms with E-state index in [1.807, 2.05) is 6.92 Å². The molecule has 0 bridgehead atoms. The van der Waals surface area contributed by atoms with Crippen LogP contribution in [0.1, 0.15) is 85.1 Å². The number of ketones is 2. The molecule has 9 N–H and O–H groups in total. The molecule has 6 rings (SSSR count). The number of amides is 5. The number of aliphatic hydroxyl groups excluding tert-OH is 1. The van der Waals surface area contributed by atoms with Crippen LogP contribution < -0.4 is 32.7 Å². The molecule has 62 heavy (non-hydrogen) atoms. The van der Waals surface area contributed by atoms with Crippen LogP contribution in [0.3, 0.4) is 0 Å². The Balaban J connectivity index is 1.09. The number of alkyl carbamates (subject to hydrolysis) is 1. The molecule has 1 saturated heterocycles. The number of urea groups is 1. The third-order valence-electron chi connectivity index (χ3n) is 14.0. The number of carbonyl (C=O) groups excluding carboxylic acids is 6. The highest BCUT2D eigenvalue weighted by atomic mass is 19.1. The maximum absolute atomic E-state index is 17.8. The maximum atomic E-state index is 17.8. The summed E-state index contributed by atoms with van der Waals surface area (Å²) in [6.07, 6.45) is -0.844. The van der Waals surface area contributed by atoms with Gasteiger partial charge in [0.2, 0.25) is 11.8 Å². The van der Waals surface area contributed by atoms with E-state index in [2.05, 4.69) is 21.3 Å². The summed E-state index contributed by atoms with van der Waals surface area (Å²) in [5.74, 6) is -3.89. The first-order valence-electron chi connectivity index (χ1n) is 21.4. The number of carbonyl (C=O) groups is 6. The zero-order valence-corrected chi connectivity index (χ0v) is 35.8. The van der Waals surface area contributed by atoms with Crippen molar-refractivity contribution in [1.29, 1.82) is 0 Å². The zero-order valence-electron chi connectivity index (χ0n) is 35.8. The minimum absolute atomic E-state index is 0.000708. The predicted molar refractivity (Wildman–Crippen MR) is 221 cm³/mol. The molecule has 12 atom stereocenters. The Bertz CT molecular complexity index is 1980. The molecule has 1 unspecified atom stereocenters. The molecule has 5 amide bonds. The normalized spacial score (nSPS) is 34.1. The summed E-state index contributed by atoms with van der Waals surface area (Å²) in [5, 5.41) is 22.2. The highest BCUT2D eigenvalue weighted by Crippen LogP contribution is 2.72. The van der Waals surface area contributed by atoms with Gasteiger partial charge in [-0.1, -0.05) is 52.3 Å². The van der Waals surface area contributed by atoms with Gasteiger partial charge in [0.1, 0.15) is 18.8 Å². The number of hydrogen-bond donors (Lipinski definition) is 7. The lowest BCUT2D eigenvalue weighted by atomic mass is 9.44. The van der Waals surface area contributed by atoms with Gasteiger partial charge in [0.05, 0.1) is 24.8 Å². The van der Waals surface area contributed by atoms with Crippen molar-refractivity contribution in [1.82, 2.24) is 16.0 Å². The number of halogens is 2. The molecular weight excluding hydrogens is 811 g/mol. The average Bonchev–Trinajstić information content (AvgIpc) is 3.70. The van der Waals surface area contributed by atoms with E-state index in [1.54, 1.807) is 45.0 Å². The zero-order chi connectivity index (χ0) is 45.4. The highest BCUT2D eigenvalue weighted by molar-refractivity contribution is 6.01. The second-order valence-corrected chi connectivity index (χ2v) is 18.1. The molecule has 340 valence electrons. The lowest BCUT2D eigenvalue weighted by Crippen LogP contribution is -2.71. The fourth-order valence-electron chi connectivity index (χ4n) is 10.6. The Kier molecular flexibility index (Phi) is 13.7. The summed E-state index contributed by atoms with van der Waals surface area (Å²) in [6.45, 7) is 8.21. The molecule has 0 aromatic heterocycles. The third kappa shape index (κ3) is 8.38. The lowest BCUT2D eigenvalue weighted by Gasteiger charge is -2.63. The quantitative estimate of drug-likeness (QED) is 0.118. The van der Waals surface area contributed by atoms with Crippen LogP contribution in [0.15, 0.2) is 48.1 Å². The van der Waals surface area contributed by atoms with Crippen LogP contribution in [-0.4, -0.2) is 102 Å². The molecule has 5 aliphatic rings.